The van der Waals surface area contributed by atoms with Gasteiger partial charge in [-0.3, -0.25) is 4.79 Å². The van der Waals surface area contributed by atoms with E-state index in [0.717, 1.165) is 19.8 Å². The molecule has 0 aromatic rings. The maximum Gasteiger partial charge on any atom is 0.320 e. The molecule has 1 atom stereocenters. The molecule has 1 rings (SSSR count). The Kier molecular flexibility index (Phi) is 3.27. The van der Waals surface area contributed by atoms with E-state index in [2.05, 4.69) is 12.2 Å². The summed E-state index contributed by atoms with van der Waals surface area (Å²) in [6, 6.07) is -0.419. The summed E-state index contributed by atoms with van der Waals surface area (Å²) in [6.07, 6.45) is 0.617. The van der Waals surface area contributed by atoms with Crippen LogP contribution in [-0.4, -0.2) is 36.9 Å². The lowest BCUT2D eigenvalue weighted by atomic mass is 9.88. The minimum Gasteiger partial charge on any atom is -0.480 e. The first-order chi connectivity index (χ1) is 6.07. The van der Waals surface area contributed by atoms with Gasteiger partial charge < -0.3 is 15.2 Å². The molecule has 1 aliphatic heterocycles. The zero-order chi connectivity index (χ0) is 9.90. The second-order valence-corrected chi connectivity index (χ2v) is 3.98. The third kappa shape index (κ3) is 2.67. The molecule has 0 spiro atoms. The molecule has 1 saturated heterocycles. The quantitative estimate of drug-likeness (QED) is 0.657. The van der Waals surface area contributed by atoms with Crippen LogP contribution in [0.1, 0.15) is 20.3 Å². The fourth-order valence-corrected chi connectivity index (χ4v) is 1.33. The van der Waals surface area contributed by atoms with Gasteiger partial charge in [0.05, 0.1) is 13.2 Å². The first-order valence-corrected chi connectivity index (χ1v) is 4.61. The number of carboxylic acids is 1. The molecular formula is C9H17NO3. The number of aliphatic carboxylic acids is 1. The van der Waals surface area contributed by atoms with Gasteiger partial charge in [0.2, 0.25) is 0 Å². The Labute approximate surface area is 78.3 Å². The van der Waals surface area contributed by atoms with Gasteiger partial charge in [0.15, 0.2) is 0 Å². The predicted molar refractivity (Wildman–Crippen MR) is 48.6 cm³/mol. The van der Waals surface area contributed by atoms with Crippen molar-refractivity contribution in [1.82, 2.24) is 5.32 Å². The summed E-state index contributed by atoms with van der Waals surface area (Å²) in [5, 5.41) is 11.8. The van der Waals surface area contributed by atoms with Crippen molar-refractivity contribution in [2.45, 2.75) is 26.3 Å². The fourth-order valence-electron chi connectivity index (χ4n) is 1.33. The molecule has 1 fully saturated rings. The van der Waals surface area contributed by atoms with Crippen LogP contribution in [0, 0.1) is 5.41 Å². The Hall–Kier alpha value is -0.610. The number of hydrogen-bond donors (Lipinski definition) is 2. The van der Waals surface area contributed by atoms with E-state index < -0.39 is 12.0 Å². The number of ether oxygens (including phenoxy) is 1. The van der Waals surface area contributed by atoms with Gasteiger partial charge in [-0.05, 0) is 6.42 Å². The summed E-state index contributed by atoms with van der Waals surface area (Å²) >= 11 is 0. The van der Waals surface area contributed by atoms with Gasteiger partial charge in [0, 0.05) is 12.0 Å². The zero-order valence-electron chi connectivity index (χ0n) is 8.17. The van der Waals surface area contributed by atoms with Crippen molar-refractivity contribution in [3.05, 3.63) is 0 Å². The molecule has 0 amide bonds. The van der Waals surface area contributed by atoms with E-state index in [9.17, 15) is 4.79 Å². The Morgan fingerprint density at radius 1 is 1.69 bits per heavy atom. The molecular weight excluding hydrogens is 170 g/mol. The zero-order valence-corrected chi connectivity index (χ0v) is 8.17. The minimum absolute atomic E-state index is 0.142. The van der Waals surface area contributed by atoms with Crippen molar-refractivity contribution in [1.29, 1.82) is 0 Å². The van der Waals surface area contributed by atoms with Crippen molar-refractivity contribution in [3.8, 4) is 0 Å². The lowest BCUT2D eigenvalue weighted by Crippen LogP contribution is -2.51. The van der Waals surface area contributed by atoms with E-state index in [1.165, 1.54) is 0 Å². The van der Waals surface area contributed by atoms with Crippen LogP contribution in [0.25, 0.3) is 0 Å². The van der Waals surface area contributed by atoms with Crippen LogP contribution >= 0.6 is 0 Å². The number of nitrogens with one attached hydrogen (secondary N) is 1. The van der Waals surface area contributed by atoms with Crippen molar-refractivity contribution in [3.63, 3.8) is 0 Å². The average Bonchev–Trinajstić information content (AvgIpc) is 2.02. The summed E-state index contributed by atoms with van der Waals surface area (Å²) in [7, 11) is 0. The smallest absolute Gasteiger partial charge is 0.320 e. The van der Waals surface area contributed by atoms with Gasteiger partial charge in [0.1, 0.15) is 6.04 Å². The van der Waals surface area contributed by atoms with E-state index >= 15 is 0 Å². The SMILES string of the molecule is CCC(NCC1(C)COC1)C(=O)O. The topological polar surface area (TPSA) is 58.6 Å². The van der Waals surface area contributed by atoms with Gasteiger partial charge >= 0.3 is 5.97 Å². The summed E-state index contributed by atoms with van der Waals surface area (Å²) in [5.41, 5.74) is 0.142. The van der Waals surface area contributed by atoms with Gasteiger partial charge in [0.25, 0.3) is 0 Å². The normalized spacial score (nSPS) is 22.0. The van der Waals surface area contributed by atoms with Crippen LogP contribution in [0.2, 0.25) is 0 Å². The number of carbonyl (C=O) groups is 1. The maximum atomic E-state index is 10.7. The van der Waals surface area contributed by atoms with E-state index in [1.54, 1.807) is 0 Å². The molecule has 2 N–H and O–H groups in total. The van der Waals surface area contributed by atoms with Gasteiger partial charge in [-0.15, -0.1) is 0 Å². The van der Waals surface area contributed by atoms with Crippen molar-refractivity contribution >= 4 is 5.97 Å². The molecule has 0 radical (unpaired) electrons. The highest BCUT2D eigenvalue weighted by atomic mass is 16.5. The summed E-state index contributed by atoms with van der Waals surface area (Å²) in [6.45, 7) is 6.15. The van der Waals surface area contributed by atoms with Crippen LogP contribution in [0.5, 0.6) is 0 Å². The van der Waals surface area contributed by atoms with Crippen LogP contribution < -0.4 is 5.32 Å². The second-order valence-electron chi connectivity index (χ2n) is 3.98. The Bertz CT molecular complexity index is 189. The Morgan fingerprint density at radius 2 is 2.31 bits per heavy atom. The van der Waals surface area contributed by atoms with Crippen LogP contribution in [0.15, 0.2) is 0 Å². The molecule has 76 valence electrons. The Morgan fingerprint density at radius 3 is 2.62 bits per heavy atom. The van der Waals surface area contributed by atoms with Gasteiger partial charge in [-0.2, -0.15) is 0 Å². The number of rotatable bonds is 5. The molecule has 1 heterocycles. The van der Waals surface area contributed by atoms with Gasteiger partial charge in [-0.1, -0.05) is 13.8 Å². The first-order valence-electron chi connectivity index (χ1n) is 4.61. The molecule has 1 aliphatic rings. The third-order valence-electron chi connectivity index (χ3n) is 2.38. The highest BCUT2D eigenvalue weighted by Crippen LogP contribution is 2.25. The Balaban J connectivity index is 2.27. The molecule has 0 bridgehead atoms. The van der Waals surface area contributed by atoms with Crippen LogP contribution in [0.4, 0.5) is 0 Å². The van der Waals surface area contributed by atoms with Crippen LogP contribution in [0.3, 0.4) is 0 Å². The largest absolute Gasteiger partial charge is 0.480 e. The van der Waals surface area contributed by atoms with E-state index in [1.807, 2.05) is 6.92 Å². The highest BCUT2D eigenvalue weighted by molar-refractivity contribution is 5.73. The van der Waals surface area contributed by atoms with E-state index in [-0.39, 0.29) is 5.41 Å². The molecule has 0 aliphatic carbocycles. The molecule has 0 saturated carbocycles. The summed E-state index contributed by atoms with van der Waals surface area (Å²) in [5.74, 6) is -0.772. The number of carboxylic acid groups (broad SMARTS) is 1. The predicted octanol–water partition coefficient (Wildman–Crippen LogP) is 0.476. The highest BCUT2D eigenvalue weighted by Gasteiger charge is 2.34. The van der Waals surface area contributed by atoms with Gasteiger partial charge in [-0.25, -0.2) is 0 Å². The molecule has 0 aromatic heterocycles. The monoisotopic (exact) mass is 187 g/mol. The van der Waals surface area contributed by atoms with E-state index in [0.29, 0.717) is 6.42 Å². The lowest BCUT2D eigenvalue weighted by Gasteiger charge is -2.38. The molecule has 13 heavy (non-hydrogen) atoms. The molecule has 4 heteroatoms. The van der Waals surface area contributed by atoms with E-state index in [4.69, 9.17) is 9.84 Å². The lowest BCUT2D eigenvalue weighted by molar-refractivity contribution is -0.140. The minimum atomic E-state index is -0.772. The third-order valence-corrected chi connectivity index (χ3v) is 2.38. The first kappa shape index (κ1) is 10.5. The molecule has 0 aromatic carbocycles. The van der Waals surface area contributed by atoms with Crippen molar-refractivity contribution in [2.75, 3.05) is 19.8 Å². The summed E-state index contributed by atoms with van der Waals surface area (Å²) < 4.78 is 5.08. The standard InChI is InChI=1S/C9H17NO3/c1-3-7(8(11)12)10-4-9(2)5-13-6-9/h7,10H,3-6H2,1-2H3,(H,11,12). The van der Waals surface area contributed by atoms with Crippen molar-refractivity contribution < 1.29 is 14.6 Å². The molecule has 1 unspecified atom stereocenters. The average molecular weight is 187 g/mol. The summed E-state index contributed by atoms with van der Waals surface area (Å²) in [4.78, 5) is 10.7. The second kappa shape index (κ2) is 4.07. The van der Waals surface area contributed by atoms with Crippen molar-refractivity contribution in [2.24, 2.45) is 5.41 Å². The maximum absolute atomic E-state index is 10.7. The number of hydrogen-bond acceptors (Lipinski definition) is 3. The molecule has 4 nitrogen and oxygen atoms in total. The fraction of sp³-hybridized carbons (Fsp3) is 0.889. The van der Waals surface area contributed by atoms with Crippen LogP contribution in [-0.2, 0) is 9.53 Å².